The molecular weight excluding hydrogens is 372 g/mol. The third-order valence-corrected chi connectivity index (χ3v) is 5.30. The van der Waals surface area contributed by atoms with E-state index in [1.807, 2.05) is 44.2 Å². The van der Waals surface area contributed by atoms with Crippen molar-refractivity contribution in [1.29, 1.82) is 0 Å². The van der Waals surface area contributed by atoms with Gasteiger partial charge < -0.3 is 15.4 Å². The Hall–Kier alpha value is -3.16. The Morgan fingerprint density at radius 1 is 1.21 bits per heavy atom. The van der Waals surface area contributed by atoms with E-state index < -0.39 is 11.9 Å². The molecule has 1 aliphatic rings. The minimum absolute atomic E-state index is 0.0433. The van der Waals surface area contributed by atoms with E-state index in [2.05, 4.69) is 5.10 Å². The molecule has 0 unspecified atom stereocenters. The van der Waals surface area contributed by atoms with Crippen LogP contribution in [0.1, 0.15) is 29.8 Å². The van der Waals surface area contributed by atoms with Crippen molar-refractivity contribution in [3.05, 3.63) is 47.3 Å². The number of carbonyl (C=O) groups is 3. The van der Waals surface area contributed by atoms with Gasteiger partial charge in [0.25, 0.3) is 5.91 Å². The van der Waals surface area contributed by atoms with Crippen molar-refractivity contribution in [2.75, 3.05) is 19.7 Å². The number of nitrogens with two attached hydrogens (primary N) is 1. The number of hydrogen-bond acceptors (Lipinski definition) is 5. The highest BCUT2D eigenvalue weighted by Crippen LogP contribution is 2.19. The Morgan fingerprint density at radius 2 is 1.93 bits per heavy atom. The monoisotopic (exact) mass is 398 g/mol. The minimum Gasteiger partial charge on any atom is -0.455 e. The summed E-state index contributed by atoms with van der Waals surface area (Å²) in [6.07, 6.45) is 1.44. The molecular formula is C21H26N4O4. The van der Waals surface area contributed by atoms with Crippen LogP contribution in [0.25, 0.3) is 5.69 Å². The lowest BCUT2D eigenvalue weighted by Crippen LogP contribution is -2.45. The molecule has 1 fully saturated rings. The van der Waals surface area contributed by atoms with Gasteiger partial charge in [0.1, 0.15) is 0 Å². The summed E-state index contributed by atoms with van der Waals surface area (Å²) < 4.78 is 6.99. The number of benzene rings is 1. The van der Waals surface area contributed by atoms with Gasteiger partial charge >= 0.3 is 5.97 Å². The molecule has 2 aromatic rings. The highest BCUT2D eigenvalue weighted by molar-refractivity contribution is 5.83. The first-order valence-corrected chi connectivity index (χ1v) is 9.70. The second-order valence-corrected chi connectivity index (χ2v) is 7.32. The number of nitrogens with zero attached hydrogens (tertiary/aromatic N) is 3. The molecule has 0 spiro atoms. The molecule has 0 bridgehead atoms. The molecule has 2 N–H and O–H groups in total. The zero-order valence-corrected chi connectivity index (χ0v) is 16.8. The average Bonchev–Trinajstić information content (AvgIpc) is 3.01. The van der Waals surface area contributed by atoms with Gasteiger partial charge in [-0.15, -0.1) is 0 Å². The topological polar surface area (TPSA) is 108 Å². The summed E-state index contributed by atoms with van der Waals surface area (Å²) in [5.41, 5.74) is 8.65. The fraction of sp³-hybridized carbons (Fsp3) is 0.429. The zero-order valence-electron chi connectivity index (χ0n) is 16.8. The smallest absolute Gasteiger partial charge is 0.310 e. The molecule has 1 atom stereocenters. The van der Waals surface area contributed by atoms with Crippen molar-refractivity contribution in [1.82, 2.24) is 14.7 Å². The van der Waals surface area contributed by atoms with Gasteiger partial charge in [-0.1, -0.05) is 18.2 Å². The lowest BCUT2D eigenvalue weighted by atomic mass is 9.97. The molecule has 8 nitrogen and oxygen atoms in total. The Bertz CT molecular complexity index is 907. The summed E-state index contributed by atoms with van der Waals surface area (Å²) in [6.45, 7) is 4.24. The maximum absolute atomic E-state index is 12.3. The summed E-state index contributed by atoms with van der Waals surface area (Å²) in [7, 11) is 0. The molecule has 1 saturated heterocycles. The predicted molar refractivity (Wildman–Crippen MR) is 106 cm³/mol. The number of amides is 2. The number of esters is 1. The first-order valence-electron chi connectivity index (χ1n) is 9.70. The van der Waals surface area contributed by atoms with Crippen molar-refractivity contribution in [3.8, 4) is 5.69 Å². The highest BCUT2D eigenvalue weighted by Gasteiger charge is 2.27. The van der Waals surface area contributed by atoms with Crippen molar-refractivity contribution in [2.24, 2.45) is 11.7 Å². The summed E-state index contributed by atoms with van der Waals surface area (Å²) in [5, 5.41) is 4.52. The van der Waals surface area contributed by atoms with Crippen LogP contribution in [0.3, 0.4) is 0 Å². The summed E-state index contributed by atoms with van der Waals surface area (Å²) in [4.78, 5) is 37.5. The van der Waals surface area contributed by atoms with Crippen LogP contribution in [0.4, 0.5) is 0 Å². The molecule has 3 rings (SSSR count). The summed E-state index contributed by atoms with van der Waals surface area (Å²) in [5.74, 6) is -1.53. The van der Waals surface area contributed by atoms with E-state index in [1.54, 1.807) is 4.68 Å². The standard InChI is InChI=1S/C21H26N4O4/c1-14-18(15(2)25(23-14)17-8-4-3-5-9-17)11-20(27)29-13-19(26)24-10-6-7-16(12-24)21(22)28/h3-5,8-9,16H,6-7,10-13H2,1-2H3,(H2,22,28)/t16-/m0/s1. The molecule has 2 amide bonds. The second kappa shape index (κ2) is 8.89. The zero-order chi connectivity index (χ0) is 21.0. The normalized spacial score (nSPS) is 16.5. The maximum atomic E-state index is 12.3. The number of rotatable bonds is 6. The van der Waals surface area contributed by atoms with Crippen LogP contribution in [0.5, 0.6) is 0 Å². The van der Waals surface area contributed by atoms with Crippen LogP contribution in [-0.4, -0.2) is 52.2 Å². The molecule has 0 saturated carbocycles. The number of aromatic nitrogens is 2. The van der Waals surface area contributed by atoms with Crippen molar-refractivity contribution in [3.63, 3.8) is 0 Å². The van der Waals surface area contributed by atoms with Crippen molar-refractivity contribution in [2.45, 2.75) is 33.1 Å². The van der Waals surface area contributed by atoms with E-state index in [9.17, 15) is 14.4 Å². The van der Waals surface area contributed by atoms with E-state index >= 15 is 0 Å². The van der Waals surface area contributed by atoms with Crippen LogP contribution >= 0.6 is 0 Å². The van der Waals surface area contributed by atoms with Gasteiger partial charge in [-0.2, -0.15) is 5.10 Å². The van der Waals surface area contributed by atoms with Gasteiger partial charge in [0.05, 0.1) is 23.7 Å². The number of ether oxygens (including phenoxy) is 1. The van der Waals surface area contributed by atoms with Gasteiger partial charge in [-0.25, -0.2) is 4.68 Å². The fourth-order valence-corrected chi connectivity index (χ4v) is 3.62. The molecule has 0 aliphatic carbocycles. The highest BCUT2D eigenvalue weighted by atomic mass is 16.5. The molecule has 0 radical (unpaired) electrons. The molecule has 8 heteroatoms. The number of primary amides is 1. The van der Waals surface area contributed by atoms with Gasteiger partial charge in [-0.05, 0) is 38.8 Å². The Labute approximate surface area is 169 Å². The van der Waals surface area contributed by atoms with Crippen LogP contribution in [0, 0.1) is 19.8 Å². The Morgan fingerprint density at radius 3 is 2.62 bits per heavy atom. The van der Waals surface area contributed by atoms with Crippen molar-refractivity contribution >= 4 is 17.8 Å². The van der Waals surface area contributed by atoms with E-state index in [0.717, 1.165) is 22.6 Å². The molecule has 1 aliphatic heterocycles. The first kappa shape index (κ1) is 20.6. The van der Waals surface area contributed by atoms with Crippen LogP contribution < -0.4 is 5.73 Å². The van der Waals surface area contributed by atoms with E-state index in [1.165, 1.54) is 4.90 Å². The maximum Gasteiger partial charge on any atom is 0.310 e. The van der Waals surface area contributed by atoms with Crippen LogP contribution in [0.2, 0.25) is 0 Å². The molecule has 2 heterocycles. The third kappa shape index (κ3) is 4.82. The predicted octanol–water partition coefficient (Wildman–Crippen LogP) is 1.30. The number of carbonyl (C=O) groups excluding carboxylic acids is 3. The van der Waals surface area contributed by atoms with Gasteiger partial charge in [0, 0.05) is 24.3 Å². The number of para-hydroxylation sites is 1. The summed E-state index contributed by atoms with van der Waals surface area (Å²) in [6, 6.07) is 9.66. The quantitative estimate of drug-likeness (QED) is 0.738. The number of aryl methyl sites for hydroxylation is 1. The van der Waals surface area contributed by atoms with E-state index in [-0.39, 0.29) is 31.4 Å². The fourth-order valence-electron chi connectivity index (χ4n) is 3.62. The van der Waals surface area contributed by atoms with Gasteiger partial charge in [0.2, 0.25) is 5.91 Å². The molecule has 154 valence electrons. The first-order chi connectivity index (χ1) is 13.9. The SMILES string of the molecule is Cc1nn(-c2ccccc2)c(C)c1CC(=O)OCC(=O)N1CCC[C@H](C(N)=O)C1. The number of likely N-dealkylation sites (tertiary alicyclic amines) is 1. The lowest BCUT2D eigenvalue weighted by molar-refractivity contribution is -0.152. The van der Waals surface area contributed by atoms with E-state index in [0.29, 0.717) is 19.4 Å². The number of piperidine rings is 1. The number of hydrogen-bond donors (Lipinski definition) is 1. The van der Waals surface area contributed by atoms with E-state index in [4.69, 9.17) is 10.5 Å². The largest absolute Gasteiger partial charge is 0.455 e. The van der Waals surface area contributed by atoms with Crippen LogP contribution in [-0.2, 0) is 25.5 Å². The van der Waals surface area contributed by atoms with Crippen LogP contribution in [0.15, 0.2) is 30.3 Å². The molecule has 29 heavy (non-hydrogen) atoms. The third-order valence-electron chi connectivity index (χ3n) is 5.30. The van der Waals surface area contributed by atoms with Gasteiger partial charge in [-0.3, -0.25) is 14.4 Å². The Balaban J connectivity index is 1.58. The lowest BCUT2D eigenvalue weighted by Gasteiger charge is -2.31. The molecule has 1 aromatic heterocycles. The van der Waals surface area contributed by atoms with Crippen molar-refractivity contribution < 1.29 is 19.1 Å². The minimum atomic E-state index is -0.486. The average molecular weight is 398 g/mol. The summed E-state index contributed by atoms with van der Waals surface area (Å²) >= 11 is 0. The van der Waals surface area contributed by atoms with Gasteiger partial charge in [0.15, 0.2) is 6.61 Å². The second-order valence-electron chi connectivity index (χ2n) is 7.32. The Kier molecular flexibility index (Phi) is 6.31. The molecule has 1 aromatic carbocycles.